The smallest absolute Gasteiger partial charge is 0.306 e. The zero-order valence-electron chi connectivity index (χ0n) is 11.3. The minimum Gasteiger partial charge on any atom is -0.469 e. The molecule has 0 bridgehead atoms. The van der Waals surface area contributed by atoms with Gasteiger partial charge in [-0.3, -0.25) is 4.79 Å². The van der Waals surface area contributed by atoms with Crippen LogP contribution in [0.5, 0.6) is 0 Å². The fourth-order valence-electron chi connectivity index (χ4n) is 1.93. The van der Waals surface area contributed by atoms with E-state index < -0.39 is 0 Å². The molecule has 0 atom stereocenters. The second-order valence-electron chi connectivity index (χ2n) is 4.96. The van der Waals surface area contributed by atoms with E-state index in [1.165, 1.54) is 7.11 Å². The van der Waals surface area contributed by atoms with Crippen LogP contribution in [-0.4, -0.2) is 31.1 Å². The summed E-state index contributed by atoms with van der Waals surface area (Å²) in [7, 11) is 3.07. The molecular formula is C13H19NO4S. The van der Waals surface area contributed by atoms with Gasteiger partial charge >= 0.3 is 5.97 Å². The number of methoxy groups -OCH3 is 2. The van der Waals surface area contributed by atoms with Gasteiger partial charge in [-0.25, -0.2) is 0 Å². The van der Waals surface area contributed by atoms with Crippen LogP contribution in [0.2, 0.25) is 0 Å². The lowest BCUT2D eigenvalue weighted by Crippen LogP contribution is -2.13. The normalized spacial score (nSPS) is 16.3. The Morgan fingerprint density at radius 2 is 2.32 bits per heavy atom. The van der Waals surface area contributed by atoms with E-state index >= 15 is 0 Å². The Morgan fingerprint density at radius 3 is 2.95 bits per heavy atom. The number of rotatable bonds is 8. The fourth-order valence-corrected chi connectivity index (χ4v) is 3.20. The molecule has 0 saturated heterocycles. The van der Waals surface area contributed by atoms with Crippen LogP contribution in [0.25, 0.3) is 0 Å². The molecule has 1 fully saturated rings. The van der Waals surface area contributed by atoms with Crippen molar-refractivity contribution in [2.45, 2.75) is 31.6 Å². The monoisotopic (exact) mass is 285 g/mol. The highest BCUT2D eigenvalue weighted by molar-refractivity contribution is 7.98. The van der Waals surface area contributed by atoms with Crippen molar-refractivity contribution in [3.05, 3.63) is 17.5 Å². The van der Waals surface area contributed by atoms with Crippen molar-refractivity contribution in [3.8, 4) is 0 Å². The number of aromatic nitrogens is 1. The highest BCUT2D eigenvalue weighted by Crippen LogP contribution is 2.51. The van der Waals surface area contributed by atoms with Crippen molar-refractivity contribution >= 4 is 17.7 Å². The largest absolute Gasteiger partial charge is 0.469 e. The summed E-state index contributed by atoms with van der Waals surface area (Å²) in [4.78, 5) is 11.3. The Kier molecular flexibility index (Phi) is 4.87. The van der Waals surface area contributed by atoms with Gasteiger partial charge in [0.15, 0.2) is 5.76 Å². The predicted octanol–water partition coefficient (Wildman–Crippen LogP) is 2.40. The first-order valence-electron chi connectivity index (χ1n) is 6.25. The molecule has 6 heteroatoms. The lowest BCUT2D eigenvalue weighted by molar-refractivity contribution is -0.141. The van der Waals surface area contributed by atoms with Gasteiger partial charge in [0.05, 0.1) is 19.2 Å². The maximum Gasteiger partial charge on any atom is 0.306 e. The SMILES string of the molecule is COCc1cc(CSCC2(CC(=O)OC)CC2)no1. The molecule has 1 aliphatic carbocycles. The van der Waals surface area contributed by atoms with Crippen LogP contribution in [0.1, 0.15) is 30.7 Å². The van der Waals surface area contributed by atoms with Gasteiger partial charge in [-0.05, 0) is 24.0 Å². The summed E-state index contributed by atoms with van der Waals surface area (Å²) in [6, 6.07) is 1.91. The number of carbonyl (C=O) groups excluding carboxylic acids is 1. The molecule has 0 aliphatic heterocycles. The van der Waals surface area contributed by atoms with Gasteiger partial charge in [-0.1, -0.05) is 5.16 Å². The molecule has 19 heavy (non-hydrogen) atoms. The van der Waals surface area contributed by atoms with Gasteiger partial charge in [0.2, 0.25) is 0 Å². The Morgan fingerprint density at radius 1 is 1.53 bits per heavy atom. The highest BCUT2D eigenvalue weighted by atomic mass is 32.2. The quantitative estimate of drug-likeness (QED) is 0.683. The zero-order valence-corrected chi connectivity index (χ0v) is 12.1. The number of esters is 1. The van der Waals surface area contributed by atoms with E-state index in [0.717, 1.165) is 35.8 Å². The average Bonchev–Trinajstić information content (AvgIpc) is 3.00. The molecule has 0 aromatic carbocycles. The lowest BCUT2D eigenvalue weighted by atomic mass is 10.1. The molecule has 0 N–H and O–H groups in total. The van der Waals surface area contributed by atoms with Crippen LogP contribution in [0.15, 0.2) is 10.6 Å². The molecule has 1 aromatic rings. The summed E-state index contributed by atoms with van der Waals surface area (Å²) >= 11 is 1.79. The molecule has 0 unspecified atom stereocenters. The van der Waals surface area contributed by atoms with Gasteiger partial charge in [-0.15, -0.1) is 0 Å². The molecule has 0 amide bonds. The van der Waals surface area contributed by atoms with Gasteiger partial charge in [0, 0.05) is 18.9 Å². The summed E-state index contributed by atoms with van der Waals surface area (Å²) in [5.74, 6) is 2.40. The van der Waals surface area contributed by atoms with E-state index in [4.69, 9.17) is 14.0 Å². The number of hydrogen-bond acceptors (Lipinski definition) is 6. The summed E-state index contributed by atoms with van der Waals surface area (Å²) in [6.07, 6.45) is 2.76. The van der Waals surface area contributed by atoms with Gasteiger partial charge in [0.1, 0.15) is 6.61 Å². The maximum absolute atomic E-state index is 11.3. The zero-order chi connectivity index (χ0) is 13.7. The maximum atomic E-state index is 11.3. The van der Waals surface area contributed by atoms with Crippen molar-refractivity contribution in [1.29, 1.82) is 0 Å². The topological polar surface area (TPSA) is 61.6 Å². The minimum absolute atomic E-state index is 0.109. The summed E-state index contributed by atoms with van der Waals surface area (Å²) < 4.78 is 14.8. The van der Waals surface area contributed by atoms with Crippen molar-refractivity contribution in [2.75, 3.05) is 20.0 Å². The Balaban J connectivity index is 1.72. The second-order valence-corrected chi connectivity index (χ2v) is 5.95. The first kappa shape index (κ1) is 14.4. The molecule has 0 spiro atoms. The molecule has 1 heterocycles. The van der Waals surface area contributed by atoms with Crippen molar-refractivity contribution in [3.63, 3.8) is 0 Å². The Hall–Kier alpha value is -1.01. The molecule has 1 aromatic heterocycles. The van der Waals surface area contributed by atoms with Crippen LogP contribution in [0.4, 0.5) is 0 Å². The van der Waals surface area contributed by atoms with Crippen molar-refractivity contribution < 1.29 is 18.8 Å². The number of thioether (sulfide) groups is 1. The van der Waals surface area contributed by atoms with E-state index in [1.54, 1.807) is 18.9 Å². The standard InChI is InChI=1S/C13H19NO4S/c1-16-7-11-5-10(14-18-11)8-19-9-13(3-4-13)6-12(15)17-2/h5H,3-4,6-9H2,1-2H3. The Bertz CT molecular complexity index is 428. The number of ether oxygens (including phenoxy) is 2. The van der Waals surface area contributed by atoms with E-state index in [0.29, 0.717) is 13.0 Å². The van der Waals surface area contributed by atoms with Gasteiger partial charge in [-0.2, -0.15) is 11.8 Å². The molecule has 106 valence electrons. The molecule has 1 aliphatic rings. The third kappa shape index (κ3) is 4.24. The summed E-state index contributed by atoms with van der Waals surface area (Å²) in [6.45, 7) is 0.448. The van der Waals surface area contributed by atoms with Crippen molar-refractivity contribution in [2.24, 2.45) is 5.41 Å². The van der Waals surface area contributed by atoms with Gasteiger partial charge < -0.3 is 14.0 Å². The molecule has 5 nitrogen and oxygen atoms in total. The number of carbonyl (C=O) groups is 1. The van der Waals surface area contributed by atoms with Crippen LogP contribution >= 0.6 is 11.8 Å². The first-order chi connectivity index (χ1) is 9.17. The van der Waals surface area contributed by atoms with Crippen LogP contribution in [0, 0.1) is 5.41 Å². The highest BCUT2D eigenvalue weighted by Gasteiger charge is 2.44. The number of nitrogens with zero attached hydrogens (tertiary/aromatic N) is 1. The molecule has 1 saturated carbocycles. The average molecular weight is 285 g/mol. The molecule has 0 radical (unpaired) electrons. The summed E-state index contributed by atoms with van der Waals surface area (Å²) in [5, 5.41) is 3.98. The predicted molar refractivity (Wildman–Crippen MR) is 71.7 cm³/mol. The number of hydrogen-bond donors (Lipinski definition) is 0. The van der Waals surface area contributed by atoms with Crippen LogP contribution in [-0.2, 0) is 26.6 Å². The van der Waals surface area contributed by atoms with Crippen LogP contribution in [0.3, 0.4) is 0 Å². The summed E-state index contributed by atoms with van der Waals surface area (Å²) in [5.41, 5.74) is 1.09. The fraction of sp³-hybridized carbons (Fsp3) is 0.692. The van der Waals surface area contributed by atoms with E-state index in [2.05, 4.69) is 5.16 Å². The third-order valence-corrected chi connectivity index (χ3v) is 4.57. The molecular weight excluding hydrogens is 266 g/mol. The van der Waals surface area contributed by atoms with E-state index in [9.17, 15) is 4.79 Å². The van der Waals surface area contributed by atoms with Crippen LogP contribution < -0.4 is 0 Å². The third-order valence-electron chi connectivity index (χ3n) is 3.26. The minimum atomic E-state index is -0.109. The van der Waals surface area contributed by atoms with E-state index in [1.807, 2.05) is 6.07 Å². The van der Waals surface area contributed by atoms with Crippen molar-refractivity contribution in [1.82, 2.24) is 5.16 Å². The van der Waals surface area contributed by atoms with Gasteiger partial charge in [0.25, 0.3) is 0 Å². The first-order valence-corrected chi connectivity index (χ1v) is 7.41. The molecule has 2 rings (SSSR count). The Labute approximate surface area is 117 Å². The van der Waals surface area contributed by atoms with E-state index in [-0.39, 0.29) is 11.4 Å². The lowest BCUT2D eigenvalue weighted by Gasteiger charge is -2.12. The second kappa shape index (κ2) is 6.43.